The molecule has 1 aliphatic rings. The fourth-order valence-electron chi connectivity index (χ4n) is 1.63. The van der Waals surface area contributed by atoms with Gasteiger partial charge in [-0.15, -0.1) is 0 Å². The standard InChI is InChI=1S/C11H13BrO3/c1-7-8(6-13)5-9(12)11-10(7)14-3-2-4-15-11/h5,13H,2-4,6H2,1H3. The maximum atomic E-state index is 9.20. The van der Waals surface area contributed by atoms with Crippen molar-refractivity contribution >= 4 is 15.9 Å². The normalized spacial score (nSPS) is 14.9. The number of rotatable bonds is 1. The van der Waals surface area contributed by atoms with E-state index in [-0.39, 0.29) is 6.61 Å². The van der Waals surface area contributed by atoms with E-state index in [0.717, 1.165) is 33.5 Å². The van der Waals surface area contributed by atoms with Crippen LogP contribution in [0.5, 0.6) is 11.5 Å². The summed E-state index contributed by atoms with van der Waals surface area (Å²) in [6.07, 6.45) is 0.884. The van der Waals surface area contributed by atoms with E-state index in [1.165, 1.54) is 0 Å². The van der Waals surface area contributed by atoms with Crippen LogP contribution in [0.1, 0.15) is 17.5 Å². The Morgan fingerprint density at radius 1 is 1.33 bits per heavy atom. The van der Waals surface area contributed by atoms with Gasteiger partial charge in [-0.05, 0) is 34.5 Å². The Balaban J connectivity index is 2.55. The van der Waals surface area contributed by atoms with Gasteiger partial charge in [-0.25, -0.2) is 0 Å². The molecule has 1 aromatic rings. The molecule has 2 rings (SSSR count). The molecular formula is C11H13BrO3. The quantitative estimate of drug-likeness (QED) is 0.854. The molecule has 0 saturated heterocycles. The highest BCUT2D eigenvalue weighted by atomic mass is 79.9. The average molecular weight is 273 g/mol. The Hall–Kier alpha value is -0.740. The van der Waals surface area contributed by atoms with Gasteiger partial charge in [0.2, 0.25) is 0 Å². The van der Waals surface area contributed by atoms with Crippen molar-refractivity contribution in [2.45, 2.75) is 20.0 Å². The molecule has 0 unspecified atom stereocenters. The van der Waals surface area contributed by atoms with Crippen LogP contribution in [0.3, 0.4) is 0 Å². The first-order valence-electron chi connectivity index (χ1n) is 4.92. The summed E-state index contributed by atoms with van der Waals surface area (Å²) in [6, 6.07) is 1.88. The zero-order chi connectivity index (χ0) is 10.8. The van der Waals surface area contributed by atoms with Crippen molar-refractivity contribution in [1.29, 1.82) is 0 Å². The van der Waals surface area contributed by atoms with Crippen molar-refractivity contribution in [3.05, 3.63) is 21.7 Å². The Morgan fingerprint density at radius 3 is 2.67 bits per heavy atom. The molecule has 1 N–H and O–H groups in total. The second-order valence-corrected chi connectivity index (χ2v) is 4.36. The largest absolute Gasteiger partial charge is 0.489 e. The number of halogens is 1. The summed E-state index contributed by atoms with van der Waals surface area (Å²) in [4.78, 5) is 0. The first kappa shape index (κ1) is 10.8. The summed E-state index contributed by atoms with van der Waals surface area (Å²) in [6.45, 7) is 3.28. The first-order chi connectivity index (χ1) is 7.24. The maximum Gasteiger partial charge on any atom is 0.175 e. The number of ether oxygens (including phenoxy) is 2. The highest BCUT2D eigenvalue weighted by molar-refractivity contribution is 9.10. The lowest BCUT2D eigenvalue weighted by Crippen LogP contribution is -1.99. The molecule has 0 fully saturated rings. The summed E-state index contributed by atoms with van der Waals surface area (Å²) in [7, 11) is 0. The number of benzene rings is 1. The van der Waals surface area contributed by atoms with E-state index in [2.05, 4.69) is 15.9 Å². The summed E-state index contributed by atoms with van der Waals surface area (Å²) in [5.74, 6) is 1.51. The predicted molar refractivity (Wildman–Crippen MR) is 60.4 cm³/mol. The minimum absolute atomic E-state index is 0.0150. The molecule has 1 aliphatic heterocycles. The van der Waals surface area contributed by atoms with Gasteiger partial charge in [0.15, 0.2) is 11.5 Å². The average Bonchev–Trinajstić information content (AvgIpc) is 2.49. The van der Waals surface area contributed by atoms with Gasteiger partial charge in [-0.1, -0.05) is 0 Å². The number of hydrogen-bond donors (Lipinski definition) is 1. The lowest BCUT2D eigenvalue weighted by Gasteiger charge is -2.14. The molecule has 0 spiro atoms. The monoisotopic (exact) mass is 272 g/mol. The van der Waals surface area contributed by atoms with Gasteiger partial charge < -0.3 is 14.6 Å². The smallest absolute Gasteiger partial charge is 0.175 e. The van der Waals surface area contributed by atoms with Crippen LogP contribution in [0.15, 0.2) is 10.5 Å². The van der Waals surface area contributed by atoms with Crippen LogP contribution < -0.4 is 9.47 Å². The van der Waals surface area contributed by atoms with Crippen LogP contribution in [-0.2, 0) is 6.61 Å². The van der Waals surface area contributed by atoms with Crippen LogP contribution in [0.4, 0.5) is 0 Å². The third-order valence-corrected chi connectivity index (χ3v) is 3.09. The summed E-state index contributed by atoms with van der Waals surface area (Å²) >= 11 is 3.43. The fourth-order valence-corrected chi connectivity index (χ4v) is 2.20. The Labute approximate surface area is 97.1 Å². The number of hydrogen-bond acceptors (Lipinski definition) is 3. The third kappa shape index (κ3) is 1.96. The van der Waals surface area contributed by atoms with Crippen LogP contribution >= 0.6 is 15.9 Å². The van der Waals surface area contributed by atoms with Crippen molar-refractivity contribution in [2.24, 2.45) is 0 Å². The van der Waals surface area contributed by atoms with Crippen molar-refractivity contribution in [3.63, 3.8) is 0 Å². The summed E-state index contributed by atoms with van der Waals surface area (Å²) in [5.41, 5.74) is 1.82. The lowest BCUT2D eigenvalue weighted by atomic mass is 10.1. The van der Waals surface area contributed by atoms with Crippen molar-refractivity contribution in [1.82, 2.24) is 0 Å². The minimum Gasteiger partial charge on any atom is -0.489 e. The molecule has 0 aliphatic carbocycles. The van der Waals surface area contributed by atoms with Gasteiger partial charge in [0, 0.05) is 12.0 Å². The number of aliphatic hydroxyl groups excluding tert-OH is 1. The van der Waals surface area contributed by atoms with E-state index >= 15 is 0 Å². The first-order valence-corrected chi connectivity index (χ1v) is 5.71. The molecule has 3 nitrogen and oxygen atoms in total. The molecule has 0 bridgehead atoms. The molecule has 15 heavy (non-hydrogen) atoms. The molecule has 1 heterocycles. The lowest BCUT2D eigenvalue weighted by molar-refractivity contribution is 0.278. The number of aliphatic hydroxyl groups is 1. The Bertz CT molecular complexity index is 377. The molecule has 0 amide bonds. The van der Waals surface area contributed by atoms with Gasteiger partial charge in [0.1, 0.15) is 0 Å². The third-order valence-electron chi connectivity index (χ3n) is 2.50. The molecule has 0 aromatic heterocycles. The topological polar surface area (TPSA) is 38.7 Å². The molecule has 0 saturated carbocycles. The summed E-state index contributed by atoms with van der Waals surface area (Å²) in [5, 5.41) is 9.20. The van der Waals surface area contributed by atoms with Crippen molar-refractivity contribution in [2.75, 3.05) is 13.2 Å². The zero-order valence-corrected chi connectivity index (χ0v) is 10.1. The van der Waals surface area contributed by atoms with E-state index < -0.39 is 0 Å². The van der Waals surface area contributed by atoms with Crippen LogP contribution in [-0.4, -0.2) is 18.3 Å². The molecule has 4 heteroatoms. The maximum absolute atomic E-state index is 9.20. The minimum atomic E-state index is 0.0150. The zero-order valence-electron chi connectivity index (χ0n) is 8.55. The van der Waals surface area contributed by atoms with Gasteiger partial charge in [0.25, 0.3) is 0 Å². The van der Waals surface area contributed by atoms with E-state index in [0.29, 0.717) is 13.2 Å². The van der Waals surface area contributed by atoms with Crippen LogP contribution in [0, 0.1) is 6.92 Å². The van der Waals surface area contributed by atoms with Gasteiger partial charge in [-0.3, -0.25) is 0 Å². The molecule has 82 valence electrons. The second-order valence-electron chi connectivity index (χ2n) is 3.51. The Kier molecular flexibility index (Phi) is 3.17. The van der Waals surface area contributed by atoms with E-state index in [1.807, 2.05) is 13.0 Å². The molecule has 0 radical (unpaired) electrons. The van der Waals surface area contributed by atoms with Gasteiger partial charge >= 0.3 is 0 Å². The van der Waals surface area contributed by atoms with Crippen LogP contribution in [0.25, 0.3) is 0 Å². The second kappa shape index (κ2) is 4.41. The summed E-state index contributed by atoms with van der Waals surface area (Å²) < 4.78 is 12.1. The van der Waals surface area contributed by atoms with Crippen LogP contribution in [0.2, 0.25) is 0 Å². The highest BCUT2D eigenvalue weighted by Gasteiger charge is 2.18. The number of fused-ring (bicyclic) bond motifs is 1. The molecule has 0 atom stereocenters. The van der Waals surface area contributed by atoms with Gasteiger partial charge in [-0.2, -0.15) is 0 Å². The SMILES string of the molecule is Cc1c(CO)cc(Br)c2c1OCCCO2. The van der Waals surface area contributed by atoms with Crippen molar-refractivity contribution in [3.8, 4) is 11.5 Å². The molecular weight excluding hydrogens is 260 g/mol. The van der Waals surface area contributed by atoms with E-state index in [1.54, 1.807) is 0 Å². The van der Waals surface area contributed by atoms with E-state index in [4.69, 9.17) is 9.47 Å². The van der Waals surface area contributed by atoms with Gasteiger partial charge in [0.05, 0.1) is 24.3 Å². The highest BCUT2D eigenvalue weighted by Crippen LogP contribution is 2.41. The Morgan fingerprint density at radius 2 is 2.00 bits per heavy atom. The fraction of sp³-hybridized carbons (Fsp3) is 0.455. The van der Waals surface area contributed by atoms with E-state index in [9.17, 15) is 5.11 Å². The predicted octanol–water partition coefficient (Wildman–Crippen LogP) is 2.41. The van der Waals surface area contributed by atoms with Crippen molar-refractivity contribution < 1.29 is 14.6 Å². The molecule has 1 aromatic carbocycles.